The molecule has 14 aliphatic rings. The second-order valence-electron chi connectivity index (χ2n) is 40.1. The van der Waals surface area contributed by atoms with Gasteiger partial charge in [0.25, 0.3) is 0 Å². The highest BCUT2D eigenvalue weighted by Crippen LogP contribution is 2.76. The van der Waals surface area contributed by atoms with Crippen LogP contribution in [0.25, 0.3) is 0 Å². The number of hydrogen-bond acceptors (Lipinski definition) is 42. The molecule has 42 nitrogen and oxygen atoms in total. The normalized spacial score (nSPS) is 51.5. The molecule has 740 valence electrons. The third-order valence-electron chi connectivity index (χ3n) is 31.6. The quantitative estimate of drug-likeness (QED) is 0.0102. The van der Waals surface area contributed by atoms with Crippen LogP contribution in [0.15, 0.2) is 11.6 Å². The van der Waals surface area contributed by atoms with Crippen LogP contribution in [0, 0.1) is 44.8 Å². The van der Waals surface area contributed by atoms with Crippen molar-refractivity contribution in [2.45, 2.75) is 429 Å². The van der Waals surface area contributed by atoms with Crippen LogP contribution >= 0.6 is 0 Å². The van der Waals surface area contributed by atoms with Crippen molar-refractivity contribution < 1.29 is 207 Å². The van der Waals surface area contributed by atoms with Gasteiger partial charge in [0.1, 0.15) is 164 Å². The Labute approximate surface area is 747 Å². The molecule has 0 aromatic carbocycles. The standard InChI is InChI=1S/C87H140O42/c1-35-49(95)55(101)69(125-76-63(109)68(64(36(2)116-76)120-72-57(103)50(96)41(92)33-113-72)124-77-62(108)66(53(99)44(32-89)118-77)122-73-58(104)51(97)42(93)34-114-73)78(115-35)129-81(110)87-27-26-82(4,5)29-39(87)38-20-21-45-83(6)24-23-48(86(9,111-10)46(83)22-25-84(45,7)85(38,8)30-47(87)94)119-80-71(127-74-59(105)54(100)52(98)43(31-88)117-74)67(123-75-60(106)56(102)70-79(126-70)128-75)61(107)65(121-80)40(91)19-17-15-13-11-12-14-16-18-28-112-37(3)90/h20,35-36,39,41-80,88-89,92-109H,11-19,21-34H2,1-10H3/t35?,36?,39?,41-,42-,43?,44?,45?,46-,47+,48+,49+,50+,51+,52?,53-,54?,55+,56?,57?,58?,59?,60?,61-,62?,63+,64+,65?,66+,67+,68?,69?,70?,71?,72+,73+,74?,75?,76?,77+,78+,79?,80-,83?,84?,85-,86?,87?/m1/s1. The van der Waals surface area contributed by atoms with Crippen molar-refractivity contribution in [2.75, 3.05) is 40.1 Å². The molecule has 13 fully saturated rings. The van der Waals surface area contributed by atoms with E-state index in [9.17, 15) is 112 Å². The average molecular weight is 1860 g/mol. The second kappa shape index (κ2) is 40.7. The minimum absolute atomic E-state index is 0.0390. The molecule has 9 heterocycles. The fourth-order valence-corrected chi connectivity index (χ4v) is 23.6. The minimum atomic E-state index is -2.22. The molecule has 42 heteroatoms. The number of ether oxygens (including phenoxy) is 19. The van der Waals surface area contributed by atoms with E-state index in [2.05, 4.69) is 40.7 Å². The Morgan fingerprint density at radius 2 is 0.984 bits per heavy atom. The van der Waals surface area contributed by atoms with Crippen molar-refractivity contribution in [2.24, 2.45) is 44.8 Å². The number of hydrogen-bond donors (Lipinski definition) is 20. The van der Waals surface area contributed by atoms with Gasteiger partial charge in [-0.2, -0.15) is 0 Å². The molecule has 48 atom stereocenters. The fourth-order valence-electron chi connectivity index (χ4n) is 23.6. The molecular weight excluding hydrogens is 1720 g/mol. The summed E-state index contributed by atoms with van der Waals surface area (Å²) in [6.45, 7) is 14.2. The Hall–Kier alpha value is -3.13. The predicted molar refractivity (Wildman–Crippen MR) is 429 cm³/mol. The molecule has 9 aliphatic heterocycles. The lowest BCUT2D eigenvalue weighted by Gasteiger charge is -2.71. The first-order chi connectivity index (χ1) is 60.9. The lowest BCUT2D eigenvalue weighted by molar-refractivity contribution is -0.399. The first-order valence-corrected chi connectivity index (χ1v) is 45.9. The highest BCUT2D eigenvalue weighted by Gasteiger charge is 2.74. The van der Waals surface area contributed by atoms with Crippen molar-refractivity contribution >= 4 is 17.7 Å². The van der Waals surface area contributed by atoms with Crippen molar-refractivity contribution in [3.63, 3.8) is 0 Å². The summed E-state index contributed by atoms with van der Waals surface area (Å²) in [5.41, 5.74) is -4.60. The SMILES string of the molecule is COC1(C)[C@@H](O[C@@H]2OC(C(=O)CCCCCCCCCCOC(C)=O)[C@@H](O)[C@H](OC3OC4OC4C(O)C3O)C2OC2OC(CO)C(O)C(O)C2O)CCC2(C)C3CC=C4C5CC(C)(C)CCC5(C(=O)O[C@@H]5OC(C)[C@H](O)[C@H](O)C5OC5OC(C)[C@H](O[C@@H]6OC[C@@H](O)[C@H](O)C6O)C(O[C@@H]6OC(CO)[C@@H](O)[C@H](O[C@@H]7OC[C@@H](O)[C@H](O)C7O)C6O)[C@@H]5O)[C@@H](O)C[C@@]4(C)C3(C)CC[C@H]21. The zero-order valence-corrected chi connectivity index (χ0v) is 74.6. The maximum Gasteiger partial charge on any atom is 0.317 e. The number of carbonyl (C=O) groups excluding carboxylic acids is 3. The molecule has 4 saturated carbocycles. The van der Waals surface area contributed by atoms with Crippen LogP contribution in [-0.4, -0.2) is 411 Å². The van der Waals surface area contributed by atoms with E-state index in [0.717, 1.165) is 44.1 Å². The van der Waals surface area contributed by atoms with E-state index < -0.39 is 323 Å². The van der Waals surface area contributed by atoms with Gasteiger partial charge in [-0.05, 0) is 131 Å². The Bertz CT molecular complexity index is 3760. The van der Waals surface area contributed by atoms with Crippen molar-refractivity contribution in [3.8, 4) is 0 Å². The van der Waals surface area contributed by atoms with Crippen molar-refractivity contribution in [1.29, 1.82) is 0 Å². The van der Waals surface area contributed by atoms with E-state index in [1.165, 1.54) is 20.8 Å². The molecule has 27 unspecified atom stereocenters. The summed E-state index contributed by atoms with van der Waals surface area (Å²) in [7, 11) is 1.56. The van der Waals surface area contributed by atoms with E-state index in [-0.39, 0.29) is 43.5 Å². The van der Waals surface area contributed by atoms with Gasteiger partial charge in [-0.3, -0.25) is 14.4 Å². The summed E-state index contributed by atoms with van der Waals surface area (Å²) >= 11 is 0. The van der Waals surface area contributed by atoms with Gasteiger partial charge in [-0.1, -0.05) is 84.8 Å². The lowest BCUT2D eigenvalue weighted by Crippen LogP contribution is -2.70. The van der Waals surface area contributed by atoms with Crippen molar-refractivity contribution in [1.82, 2.24) is 0 Å². The Balaban J connectivity index is 0.720. The highest BCUT2D eigenvalue weighted by atomic mass is 16.9. The molecule has 0 radical (unpaired) electrons. The maximum atomic E-state index is 16.2. The molecule has 0 aromatic heterocycles. The number of Topliss-reactive ketones (excluding diaryl/α,β-unsaturated/α-hetero) is 1. The molecule has 9 saturated heterocycles. The van der Waals surface area contributed by atoms with E-state index in [4.69, 9.17) is 90.0 Å². The first kappa shape index (κ1) is 102. The van der Waals surface area contributed by atoms with Gasteiger partial charge in [-0.15, -0.1) is 0 Å². The van der Waals surface area contributed by atoms with Gasteiger partial charge in [0.15, 0.2) is 62.2 Å². The summed E-state index contributed by atoms with van der Waals surface area (Å²) in [6.07, 6.45) is -58.6. The maximum absolute atomic E-state index is 16.2. The van der Waals surface area contributed by atoms with Gasteiger partial charge >= 0.3 is 11.9 Å². The average Bonchev–Trinajstić information content (AvgIpc) is 1.38. The number of aliphatic hydroxyl groups excluding tert-OH is 20. The summed E-state index contributed by atoms with van der Waals surface area (Å²) in [6, 6.07) is 0. The number of unbranched alkanes of at least 4 members (excludes halogenated alkanes) is 7. The monoisotopic (exact) mass is 1860 g/mol. The van der Waals surface area contributed by atoms with Crippen LogP contribution in [0.1, 0.15) is 178 Å². The van der Waals surface area contributed by atoms with E-state index >= 15 is 4.79 Å². The second-order valence-corrected chi connectivity index (χ2v) is 40.1. The lowest BCUT2D eigenvalue weighted by atomic mass is 9.34. The molecule has 14 rings (SSSR count). The van der Waals surface area contributed by atoms with Gasteiger partial charge < -0.3 is 192 Å². The summed E-state index contributed by atoms with van der Waals surface area (Å²) < 4.78 is 117. The van der Waals surface area contributed by atoms with Crippen LogP contribution < -0.4 is 0 Å². The Morgan fingerprint density at radius 1 is 0.450 bits per heavy atom. The molecule has 129 heavy (non-hydrogen) atoms. The van der Waals surface area contributed by atoms with Gasteiger partial charge in [0.05, 0.1) is 63.1 Å². The molecular formula is C87H140O42. The van der Waals surface area contributed by atoms with E-state index in [1.54, 1.807) is 7.11 Å². The largest absolute Gasteiger partial charge is 0.466 e. The van der Waals surface area contributed by atoms with Gasteiger partial charge in [0.2, 0.25) is 6.29 Å². The number of fused-ring (bicyclic) bond motifs is 8. The highest BCUT2D eigenvalue weighted by molar-refractivity contribution is 5.84. The predicted octanol–water partition coefficient (Wildman–Crippen LogP) is -4.40. The van der Waals surface area contributed by atoms with Crippen LogP contribution in [0.2, 0.25) is 0 Å². The van der Waals surface area contributed by atoms with Crippen LogP contribution in [0.3, 0.4) is 0 Å². The van der Waals surface area contributed by atoms with E-state index in [1.807, 2.05) is 6.92 Å². The zero-order valence-electron chi connectivity index (χ0n) is 74.6. The number of aliphatic hydroxyl groups is 20. The smallest absolute Gasteiger partial charge is 0.317 e. The summed E-state index contributed by atoms with van der Waals surface area (Å²) in [5.74, 6) is -3.06. The van der Waals surface area contributed by atoms with Gasteiger partial charge in [0, 0.05) is 20.5 Å². The number of allylic oxidation sites excluding steroid dienone is 2. The van der Waals surface area contributed by atoms with Gasteiger partial charge in [-0.25, -0.2) is 0 Å². The van der Waals surface area contributed by atoms with Crippen LogP contribution in [-0.2, 0) is 104 Å². The Kier molecular flexibility index (Phi) is 32.1. The van der Waals surface area contributed by atoms with Crippen LogP contribution in [0.5, 0.6) is 0 Å². The fraction of sp³-hybridized carbons (Fsp3) is 0.943. The number of carbonyl (C=O) groups is 3. The number of ketones is 1. The third kappa shape index (κ3) is 19.5. The first-order valence-electron chi connectivity index (χ1n) is 45.9. The van der Waals surface area contributed by atoms with Crippen LogP contribution in [0.4, 0.5) is 0 Å². The Morgan fingerprint density at radius 3 is 1.61 bits per heavy atom. The zero-order chi connectivity index (χ0) is 93.5. The van der Waals surface area contributed by atoms with Crippen molar-refractivity contribution in [3.05, 3.63) is 11.6 Å². The molecule has 0 bridgehead atoms. The molecule has 0 amide bonds. The third-order valence-corrected chi connectivity index (χ3v) is 31.6. The number of epoxide rings is 1. The van der Waals surface area contributed by atoms with E-state index in [0.29, 0.717) is 58.0 Å². The molecule has 20 N–H and O–H groups in total. The summed E-state index contributed by atoms with van der Waals surface area (Å²) in [4.78, 5) is 42.2. The number of rotatable bonds is 31. The molecule has 0 aromatic rings. The minimum Gasteiger partial charge on any atom is -0.466 e. The molecule has 0 spiro atoms. The topological polar surface area (TPSA) is 634 Å². The number of methoxy groups -OCH3 is 1. The molecule has 5 aliphatic carbocycles. The number of esters is 2. The summed E-state index contributed by atoms with van der Waals surface area (Å²) in [5, 5.41) is 227.